The monoisotopic (exact) mass is 428 g/mol. The molecule has 4 aliphatic rings. The number of hydrogen-bond acceptors (Lipinski definition) is 0. The molecule has 0 amide bonds. The Morgan fingerprint density at radius 2 is 1.03 bits per heavy atom. The zero-order valence-electron chi connectivity index (χ0n) is 23.7. The van der Waals surface area contributed by atoms with E-state index in [1.54, 1.807) is 0 Å². The van der Waals surface area contributed by atoms with Gasteiger partial charge >= 0.3 is 0 Å². The highest BCUT2D eigenvalue weighted by molar-refractivity contribution is 5.25. The first-order chi connectivity index (χ1) is 14.0. The summed E-state index contributed by atoms with van der Waals surface area (Å²) in [6.07, 6.45) is 2.87. The van der Waals surface area contributed by atoms with Gasteiger partial charge in [0.05, 0.1) is 0 Å². The third kappa shape index (κ3) is 2.22. The summed E-state index contributed by atoms with van der Waals surface area (Å²) in [5.74, 6) is 8.14. The lowest BCUT2D eigenvalue weighted by Gasteiger charge is -2.79. The molecule has 0 radical (unpaired) electrons. The second-order valence-corrected chi connectivity index (χ2v) is 15.2. The summed E-state index contributed by atoms with van der Waals surface area (Å²) in [6.45, 7) is 37.5. The molecule has 0 nitrogen and oxygen atoms in total. The van der Waals surface area contributed by atoms with Crippen LogP contribution in [0.25, 0.3) is 0 Å². The Bertz CT molecular complexity index is 734. The second kappa shape index (κ2) is 6.56. The molecular weight excluding hydrogens is 372 g/mol. The molecular formula is C31H56. The lowest BCUT2D eigenvalue weighted by Crippen LogP contribution is -2.75. The maximum Gasteiger partial charge on any atom is -0.0182 e. The first-order valence-electron chi connectivity index (χ1n) is 14.0. The minimum absolute atomic E-state index is 0.396. The van der Waals surface area contributed by atoms with Crippen molar-refractivity contribution < 1.29 is 0 Å². The maximum atomic E-state index is 2.81. The van der Waals surface area contributed by atoms with Gasteiger partial charge in [0, 0.05) is 0 Å². The third-order valence-corrected chi connectivity index (χ3v) is 15.8. The van der Waals surface area contributed by atoms with Gasteiger partial charge in [-0.15, -0.1) is 0 Å². The van der Waals surface area contributed by atoms with E-state index in [9.17, 15) is 0 Å². The van der Waals surface area contributed by atoms with E-state index in [-0.39, 0.29) is 0 Å². The van der Waals surface area contributed by atoms with Crippen molar-refractivity contribution in [3.63, 3.8) is 0 Å². The Morgan fingerprint density at radius 1 is 0.516 bits per heavy atom. The largest absolute Gasteiger partial charge is 0.0622 e. The molecule has 14 atom stereocenters. The van der Waals surface area contributed by atoms with Gasteiger partial charge in [-0.05, 0) is 99.1 Å². The number of rotatable bonds is 0. The molecule has 0 aromatic carbocycles. The SMILES string of the molecule is CC1CC(C)C2(C)C(C)(C1C)C(C)C(C)C1C3CC(C)C(C)(C)C3(C)C(C)C(C)C12C. The van der Waals surface area contributed by atoms with Crippen molar-refractivity contribution in [1.82, 2.24) is 0 Å². The molecule has 4 rings (SSSR count). The van der Waals surface area contributed by atoms with Gasteiger partial charge in [0.1, 0.15) is 0 Å². The van der Waals surface area contributed by atoms with E-state index in [1.165, 1.54) is 12.8 Å². The van der Waals surface area contributed by atoms with Crippen LogP contribution in [0, 0.1) is 86.3 Å². The molecule has 180 valence electrons. The van der Waals surface area contributed by atoms with Gasteiger partial charge in [-0.2, -0.15) is 0 Å². The molecule has 31 heavy (non-hydrogen) atoms. The summed E-state index contributed by atoms with van der Waals surface area (Å²) in [7, 11) is 0. The fourth-order valence-electron chi connectivity index (χ4n) is 12.3. The summed E-state index contributed by atoms with van der Waals surface area (Å²) < 4.78 is 0. The van der Waals surface area contributed by atoms with Crippen LogP contribution >= 0.6 is 0 Å². The molecule has 4 aliphatic carbocycles. The lowest BCUT2D eigenvalue weighted by molar-refractivity contribution is -0.322. The van der Waals surface area contributed by atoms with Crippen LogP contribution in [0.4, 0.5) is 0 Å². The minimum atomic E-state index is 0.396. The van der Waals surface area contributed by atoms with Crippen LogP contribution in [0.2, 0.25) is 0 Å². The summed E-state index contributed by atoms with van der Waals surface area (Å²) in [5, 5.41) is 0. The van der Waals surface area contributed by atoms with E-state index in [4.69, 9.17) is 0 Å². The first-order valence-corrected chi connectivity index (χ1v) is 14.0. The Labute approximate surface area is 196 Å². The summed E-state index contributed by atoms with van der Waals surface area (Å²) in [4.78, 5) is 0. The molecule has 4 fully saturated rings. The molecule has 0 spiro atoms. The zero-order valence-corrected chi connectivity index (χ0v) is 23.7. The predicted octanol–water partition coefficient (Wildman–Crippen LogP) is 9.19. The van der Waals surface area contributed by atoms with Gasteiger partial charge in [0.2, 0.25) is 0 Å². The van der Waals surface area contributed by atoms with Crippen LogP contribution in [0.5, 0.6) is 0 Å². The molecule has 0 N–H and O–H groups in total. The van der Waals surface area contributed by atoms with E-state index in [1.807, 2.05) is 0 Å². The lowest BCUT2D eigenvalue weighted by atomic mass is 9.25. The van der Waals surface area contributed by atoms with Gasteiger partial charge in [-0.1, -0.05) is 96.9 Å². The Balaban J connectivity index is 2.00. The van der Waals surface area contributed by atoms with Crippen LogP contribution in [0.15, 0.2) is 0 Å². The van der Waals surface area contributed by atoms with E-state index >= 15 is 0 Å². The van der Waals surface area contributed by atoms with Gasteiger partial charge in [-0.3, -0.25) is 0 Å². The highest BCUT2D eigenvalue weighted by Crippen LogP contribution is 2.83. The topological polar surface area (TPSA) is 0 Å². The molecule has 0 saturated heterocycles. The van der Waals surface area contributed by atoms with E-state index < -0.39 is 0 Å². The molecule has 0 bridgehead atoms. The minimum Gasteiger partial charge on any atom is -0.0622 e. The average Bonchev–Trinajstić information content (AvgIpc) is 2.88. The Kier molecular flexibility index (Phi) is 5.11. The second-order valence-electron chi connectivity index (χ2n) is 15.2. The van der Waals surface area contributed by atoms with Crippen molar-refractivity contribution in [3.8, 4) is 0 Å². The molecule has 0 aromatic heterocycles. The summed E-state index contributed by atoms with van der Waals surface area (Å²) in [5.41, 5.74) is 2.09. The van der Waals surface area contributed by atoms with Gasteiger partial charge in [0.25, 0.3) is 0 Å². The number of fused-ring (bicyclic) bond motifs is 5. The van der Waals surface area contributed by atoms with E-state index in [0.29, 0.717) is 27.1 Å². The van der Waals surface area contributed by atoms with Crippen LogP contribution < -0.4 is 0 Å². The van der Waals surface area contributed by atoms with Crippen molar-refractivity contribution in [2.75, 3.05) is 0 Å². The van der Waals surface area contributed by atoms with Crippen LogP contribution in [-0.4, -0.2) is 0 Å². The quantitative estimate of drug-likeness (QED) is 0.360. The molecule has 0 aromatic rings. The maximum absolute atomic E-state index is 2.81. The average molecular weight is 429 g/mol. The highest BCUT2D eigenvalue weighted by atomic mass is 14.8. The molecule has 0 aliphatic heterocycles. The third-order valence-electron chi connectivity index (χ3n) is 15.8. The van der Waals surface area contributed by atoms with E-state index in [2.05, 4.69) is 96.9 Å². The van der Waals surface area contributed by atoms with Crippen molar-refractivity contribution in [3.05, 3.63) is 0 Å². The highest BCUT2D eigenvalue weighted by Gasteiger charge is 2.78. The zero-order chi connectivity index (χ0) is 23.7. The van der Waals surface area contributed by atoms with Gasteiger partial charge < -0.3 is 0 Å². The molecule has 4 saturated carbocycles. The molecule has 0 heterocycles. The van der Waals surface area contributed by atoms with Gasteiger partial charge in [0.15, 0.2) is 0 Å². The smallest absolute Gasteiger partial charge is 0.0182 e. The molecule has 0 heteroatoms. The molecule has 14 unspecified atom stereocenters. The van der Waals surface area contributed by atoms with Crippen LogP contribution in [-0.2, 0) is 0 Å². The van der Waals surface area contributed by atoms with E-state index in [0.717, 1.165) is 59.2 Å². The summed E-state index contributed by atoms with van der Waals surface area (Å²) in [6, 6.07) is 0. The van der Waals surface area contributed by atoms with Crippen LogP contribution in [0.3, 0.4) is 0 Å². The Morgan fingerprint density at radius 3 is 1.58 bits per heavy atom. The van der Waals surface area contributed by atoms with Gasteiger partial charge in [-0.25, -0.2) is 0 Å². The fourth-order valence-corrected chi connectivity index (χ4v) is 12.3. The van der Waals surface area contributed by atoms with Crippen molar-refractivity contribution in [1.29, 1.82) is 0 Å². The van der Waals surface area contributed by atoms with Crippen molar-refractivity contribution in [2.24, 2.45) is 86.3 Å². The van der Waals surface area contributed by atoms with Crippen LogP contribution in [0.1, 0.15) is 110 Å². The Hall–Kier alpha value is 0. The first kappa shape index (κ1) is 24.1. The van der Waals surface area contributed by atoms with Crippen molar-refractivity contribution in [2.45, 2.75) is 110 Å². The fraction of sp³-hybridized carbons (Fsp3) is 1.00. The number of hydrogen-bond donors (Lipinski definition) is 0. The normalized spacial score (nSPS) is 65.6. The standard InChI is InChI=1S/C31H56/c1-17-15-19(3)31(14)28(11,21(17)5)22(6)20(4)26-25-16-18(2)27(9,10)29(25,12)23(7)24(8)30(26,31)13/h17-26H,15-16H2,1-14H3. The summed E-state index contributed by atoms with van der Waals surface area (Å²) >= 11 is 0. The predicted molar refractivity (Wildman–Crippen MR) is 136 cm³/mol. The van der Waals surface area contributed by atoms with Crippen molar-refractivity contribution >= 4 is 0 Å².